The molecule has 0 fully saturated rings. The van der Waals surface area contributed by atoms with Crippen LogP contribution in [0, 0.1) is 13.8 Å². The van der Waals surface area contributed by atoms with E-state index in [1.54, 1.807) is 24.3 Å². The van der Waals surface area contributed by atoms with Crippen LogP contribution in [-0.2, 0) is 18.3 Å². The molecule has 0 aliphatic heterocycles. The van der Waals surface area contributed by atoms with Crippen LogP contribution in [0.15, 0.2) is 140 Å². The van der Waals surface area contributed by atoms with Gasteiger partial charge in [0.25, 0.3) is 0 Å². The number of aliphatic hydroxyl groups excluding tert-OH is 4. The lowest BCUT2D eigenvalue weighted by atomic mass is 9.67. The average Bonchev–Trinajstić information content (AvgIpc) is 3.25. The summed E-state index contributed by atoms with van der Waals surface area (Å²) < 4.78 is 20.2. The third-order valence-corrected chi connectivity index (χ3v) is 17.1. The first-order chi connectivity index (χ1) is 29.1. The van der Waals surface area contributed by atoms with Gasteiger partial charge in [-0.15, -0.1) is 20.6 Å². The lowest BCUT2D eigenvalue weighted by Gasteiger charge is -2.44. The highest BCUT2D eigenvalue weighted by Crippen LogP contribution is 2.54. The van der Waals surface area contributed by atoms with E-state index in [4.69, 9.17) is 12.9 Å². The van der Waals surface area contributed by atoms with Crippen molar-refractivity contribution in [2.75, 3.05) is 67.6 Å². The minimum Gasteiger partial charge on any atom is -0.395 e. The average molecular weight is 855 g/mol. The second-order valence-corrected chi connectivity index (χ2v) is 21.4. The van der Waals surface area contributed by atoms with Crippen LogP contribution < -0.4 is 0 Å². The lowest BCUT2D eigenvalue weighted by Crippen LogP contribution is -2.39. The number of aliphatic hydroxyl groups is 4. The highest BCUT2D eigenvalue weighted by atomic mass is 32.3. The zero-order valence-corrected chi connectivity index (χ0v) is 36.3. The first kappa shape index (κ1) is 47.0. The molecule has 0 aliphatic rings. The fourth-order valence-electron chi connectivity index (χ4n) is 7.57. The van der Waals surface area contributed by atoms with Crippen molar-refractivity contribution >= 4 is 39.5 Å². The van der Waals surface area contributed by atoms with Gasteiger partial charge in [-0.2, -0.15) is 0 Å². The number of benzene rings is 5. The van der Waals surface area contributed by atoms with Crippen LogP contribution in [0.2, 0.25) is 0 Å². The van der Waals surface area contributed by atoms with E-state index >= 15 is 0 Å². The maximum absolute atomic E-state index is 13.9. The summed E-state index contributed by atoms with van der Waals surface area (Å²) in [6, 6.07) is 45.4. The molecule has 60 heavy (non-hydrogen) atoms. The SMILES string of the molecule is Cc1ccc(C(=O)CS(CCO)(CCO)OB(OCCCC(c2ccccc2)(c2ccccc2)c2ccccc2)OS(CCO)(CCO)CC(=O)c2ccc(C)cc2)cc1. The first-order valence-electron chi connectivity index (χ1n) is 20.4. The molecule has 0 unspecified atom stereocenters. The third-order valence-electron chi connectivity index (χ3n) is 10.7. The van der Waals surface area contributed by atoms with Crippen molar-refractivity contribution in [2.45, 2.75) is 32.1 Å². The molecule has 5 aromatic rings. The molecule has 5 aromatic carbocycles. The second kappa shape index (κ2) is 23.2. The van der Waals surface area contributed by atoms with E-state index in [2.05, 4.69) is 36.4 Å². The molecule has 5 rings (SSSR count). The summed E-state index contributed by atoms with van der Waals surface area (Å²) >= 11 is 0. The molecule has 320 valence electrons. The number of Topliss-reactive ketones (excluding diaryl/α,β-unsaturated/α-hetero) is 2. The summed E-state index contributed by atoms with van der Waals surface area (Å²) in [6.45, 7) is 2.69. The summed E-state index contributed by atoms with van der Waals surface area (Å²) in [5, 5.41) is 41.7. The van der Waals surface area contributed by atoms with Gasteiger partial charge in [-0.05, 0) is 43.4 Å². The Balaban J connectivity index is 1.52. The Kier molecular flexibility index (Phi) is 18.2. The third kappa shape index (κ3) is 12.5. The van der Waals surface area contributed by atoms with Gasteiger partial charge in [0.2, 0.25) is 0 Å². The number of aryl methyl sites for hydroxylation is 2. The molecular formula is C48H59BO9S2. The molecule has 0 saturated heterocycles. The zero-order valence-electron chi connectivity index (χ0n) is 34.7. The topological polar surface area (TPSA) is 143 Å². The van der Waals surface area contributed by atoms with Crippen LogP contribution in [-0.4, -0.2) is 107 Å². The van der Waals surface area contributed by atoms with E-state index in [-0.39, 0.29) is 79.1 Å². The smallest absolute Gasteiger partial charge is 0.395 e. The van der Waals surface area contributed by atoms with Crippen molar-refractivity contribution in [3.05, 3.63) is 178 Å². The van der Waals surface area contributed by atoms with Crippen molar-refractivity contribution in [1.29, 1.82) is 0 Å². The quantitative estimate of drug-likeness (QED) is 0.0191. The maximum atomic E-state index is 13.9. The highest BCUT2D eigenvalue weighted by molar-refractivity contribution is 8.32. The number of carbonyl (C=O) groups is 2. The molecule has 0 spiro atoms. The highest BCUT2D eigenvalue weighted by Gasteiger charge is 2.42. The Labute approximate surface area is 359 Å². The number of rotatable bonds is 26. The van der Waals surface area contributed by atoms with Crippen molar-refractivity contribution < 1.29 is 42.9 Å². The summed E-state index contributed by atoms with van der Waals surface area (Å²) in [7, 11) is -6.73. The minimum absolute atomic E-state index is 0.0537. The molecule has 0 aromatic heterocycles. The second-order valence-electron chi connectivity index (χ2n) is 15.0. The van der Waals surface area contributed by atoms with Crippen LogP contribution in [0.1, 0.15) is 61.4 Å². The molecule has 0 heterocycles. The maximum Gasteiger partial charge on any atom is 0.660 e. The van der Waals surface area contributed by atoms with Gasteiger partial charge in [-0.3, -0.25) is 9.59 Å². The van der Waals surface area contributed by atoms with Crippen molar-refractivity contribution in [1.82, 2.24) is 0 Å². The molecule has 0 radical (unpaired) electrons. The van der Waals surface area contributed by atoms with E-state index < -0.39 is 33.4 Å². The molecule has 0 amide bonds. The summed E-state index contributed by atoms with van der Waals surface area (Å²) in [6.07, 6.45) is 1.13. The Morgan fingerprint density at radius 1 is 0.517 bits per heavy atom. The van der Waals surface area contributed by atoms with E-state index in [0.717, 1.165) is 27.8 Å². The molecule has 0 bridgehead atoms. The Morgan fingerprint density at radius 2 is 0.850 bits per heavy atom. The van der Waals surface area contributed by atoms with E-state index in [1.165, 1.54) is 0 Å². The fraction of sp³-hybridized carbons (Fsp3) is 0.333. The number of carbonyl (C=O) groups excluding carboxylic acids is 2. The molecule has 0 aliphatic carbocycles. The van der Waals surface area contributed by atoms with E-state index in [0.29, 0.717) is 24.0 Å². The van der Waals surface area contributed by atoms with Gasteiger partial charge < -0.3 is 33.3 Å². The van der Waals surface area contributed by atoms with Gasteiger partial charge >= 0.3 is 7.32 Å². The van der Waals surface area contributed by atoms with Crippen LogP contribution in [0.5, 0.6) is 0 Å². The Hall–Kier alpha value is -4.08. The van der Waals surface area contributed by atoms with Crippen molar-refractivity contribution in [2.24, 2.45) is 0 Å². The number of hydrogen-bond acceptors (Lipinski definition) is 9. The number of ketones is 2. The molecule has 0 atom stereocenters. The largest absolute Gasteiger partial charge is 0.660 e. The minimum atomic E-state index is -2.63. The predicted octanol–water partition coefficient (Wildman–Crippen LogP) is 7.63. The summed E-state index contributed by atoms with van der Waals surface area (Å²) in [5.74, 6) is -0.466. The van der Waals surface area contributed by atoms with Crippen molar-refractivity contribution in [3.63, 3.8) is 0 Å². The van der Waals surface area contributed by atoms with Gasteiger partial charge in [0.1, 0.15) is 0 Å². The monoisotopic (exact) mass is 854 g/mol. The van der Waals surface area contributed by atoms with Gasteiger partial charge in [0, 0.05) is 46.2 Å². The van der Waals surface area contributed by atoms with Gasteiger partial charge in [-0.1, -0.05) is 151 Å². The predicted molar refractivity (Wildman–Crippen MR) is 246 cm³/mol. The van der Waals surface area contributed by atoms with E-state index in [1.807, 2.05) is 92.7 Å². The van der Waals surface area contributed by atoms with Crippen LogP contribution in [0.25, 0.3) is 0 Å². The molecule has 0 saturated carbocycles. The zero-order chi connectivity index (χ0) is 42.9. The Bertz CT molecular complexity index is 1850. The lowest BCUT2D eigenvalue weighted by molar-refractivity contribution is 0.101. The molecule has 4 N–H and O–H groups in total. The van der Waals surface area contributed by atoms with Crippen molar-refractivity contribution in [3.8, 4) is 0 Å². The van der Waals surface area contributed by atoms with Crippen LogP contribution in [0.3, 0.4) is 0 Å². The van der Waals surface area contributed by atoms with Gasteiger partial charge in [0.15, 0.2) is 11.6 Å². The summed E-state index contributed by atoms with van der Waals surface area (Å²) in [5.41, 5.74) is 5.71. The standard InChI is InChI=1S/C48H59BO9S2/c1-39-19-23-41(24-20-39)46(54)37-59(33-28-50,34-29-51)57-49(58-60(35-30-52,36-31-53)38-47(55)42-25-21-40(2)22-26-42)56-32-12-27-48(43-13-6-3-7-14-43,44-15-8-4-9-16-44)45-17-10-5-11-18-45/h3-11,13-26,50-53H,12,27-38H2,1-2H3. The van der Waals surface area contributed by atoms with Crippen LogP contribution >= 0.6 is 20.6 Å². The van der Waals surface area contributed by atoms with E-state index in [9.17, 15) is 30.0 Å². The molecular weight excluding hydrogens is 795 g/mol. The fourth-order valence-corrected chi connectivity index (χ4v) is 12.6. The normalized spacial score (nSPS) is 12.6. The van der Waals surface area contributed by atoms with Gasteiger partial charge in [0.05, 0.1) is 37.9 Å². The molecule has 9 nitrogen and oxygen atoms in total. The first-order valence-corrected chi connectivity index (χ1v) is 24.6. The summed E-state index contributed by atoms with van der Waals surface area (Å²) in [4.78, 5) is 27.8. The van der Waals surface area contributed by atoms with Crippen LogP contribution in [0.4, 0.5) is 0 Å². The Morgan fingerprint density at radius 3 is 1.17 bits per heavy atom. The van der Waals surface area contributed by atoms with Gasteiger partial charge in [-0.25, -0.2) is 0 Å². The number of hydrogen-bond donors (Lipinski definition) is 4. The molecule has 12 heteroatoms.